The van der Waals surface area contributed by atoms with E-state index in [4.69, 9.17) is 18.6 Å². The summed E-state index contributed by atoms with van der Waals surface area (Å²) in [6, 6.07) is 6.77. The highest BCUT2D eigenvalue weighted by Crippen LogP contribution is 2.39. The van der Waals surface area contributed by atoms with E-state index in [-0.39, 0.29) is 5.60 Å². The Hall–Kier alpha value is -2.27. The molecule has 1 fully saturated rings. The Balaban J connectivity index is 1.64. The van der Waals surface area contributed by atoms with Gasteiger partial charge in [-0.3, -0.25) is 0 Å². The fraction of sp³-hybridized carbons (Fsp3) is 0.450. The van der Waals surface area contributed by atoms with Crippen LogP contribution in [0.3, 0.4) is 0 Å². The second-order valence-electron chi connectivity index (χ2n) is 6.88. The van der Waals surface area contributed by atoms with E-state index < -0.39 is 5.63 Å². The number of allylic oxidation sites excluding steroid dienone is 1. The summed E-state index contributed by atoms with van der Waals surface area (Å²) in [6.07, 6.45) is 4.43. The third-order valence-corrected chi connectivity index (χ3v) is 4.55. The van der Waals surface area contributed by atoms with Crippen LogP contribution in [0.2, 0.25) is 0 Å². The molecule has 2 heterocycles. The van der Waals surface area contributed by atoms with Gasteiger partial charge < -0.3 is 18.6 Å². The van der Waals surface area contributed by atoms with Crippen LogP contribution in [0, 0.1) is 0 Å². The zero-order chi connectivity index (χ0) is 18.0. The molecule has 0 amide bonds. The van der Waals surface area contributed by atoms with Crippen molar-refractivity contribution in [1.29, 1.82) is 0 Å². The molecule has 1 aromatic heterocycles. The number of fused-ring (bicyclic) bond motifs is 1. The van der Waals surface area contributed by atoms with E-state index in [1.54, 1.807) is 6.07 Å². The lowest BCUT2D eigenvalue weighted by Crippen LogP contribution is -2.03. The number of benzene rings is 1. The van der Waals surface area contributed by atoms with Gasteiger partial charge in [-0.2, -0.15) is 0 Å². The average molecular weight is 344 g/mol. The molecule has 0 unspecified atom stereocenters. The van der Waals surface area contributed by atoms with Gasteiger partial charge in [0.05, 0.1) is 18.8 Å². The van der Waals surface area contributed by atoms with Crippen molar-refractivity contribution in [2.75, 3.05) is 13.7 Å². The Labute approximate surface area is 147 Å². The molecule has 0 N–H and O–H groups in total. The Bertz CT molecular complexity index is 847. The van der Waals surface area contributed by atoms with Crippen molar-refractivity contribution in [3.63, 3.8) is 0 Å². The summed E-state index contributed by atoms with van der Waals surface area (Å²) < 4.78 is 22.1. The molecule has 1 aromatic carbocycles. The van der Waals surface area contributed by atoms with Gasteiger partial charge in [-0.05, 0) is 57.9 Å². The molecule has 1 atom stereocenters. The van der Waals surface area contributed by atoms with Gasteiger partial charge in [-0.25, -0.2) is 4.79 Å². The van der Waals surface area contributed by atoms with Gasteiger partial charge in [-0.1, -0.05) is 5.57 Å². The smallest absolute Gasteiger partial charge is 0.336 e. The third kappa shape index (κ3) is 4.04. The average Bonchev–Trinajstić information content (AvgIpc) is 3.19. The molecule has 1 saturated heterocycles. The van der Waals surface area contributed by atoms with Crippen molar-refractivity contribution in [1.82, 2.24) is 0 Å². The van der Waals surface area contributed by atoms with E-state index in [2.05, 4.69) is 26.8 Å². The molecule has 0 bridgehead atoms. The zero-order valence-corrected chi connectivity index (χ0v) is 15.1. The van der Waals surface area contributed by atoms with Gasteiger partial charge in [0.25, 0.3) is 0 Å². The van der Waals surface area contributed by atoms with E-state index in [0.717, 1.165) is 18.2 Å². The van der Waals surface area contributed by atoms with Crippen LogP contribution in [-0.2, 0) is 4.74 Å². The van der Waals surface area contributed by atoms with Gasteiger partial charge in [-0.15, -0.1) is 0 Å². The van der Waals surface area contributed by atoms with Crippen LogP contribution in [0.15, 0.2) is 45.1 Å². The molecule has 3 rings (SSSR count). The van der Waals surface area contributed by atoms with Crippen LogP contribution in [0.25, 0.3) is 11.0 Å². The van der Waals surface area contributed by atoms with Gasteiger partial charge in [0.15, 0.2) is 11.3 Å². The molecular weight excluding hydrogens is 320 g/mol. The molecule has 0 aliphatic carbocycles. The minimum atomic E-state index is -0.413. The maximum Gasteiger partial charge on any atom is 0.336 e. The van der Waals surface area contributed by atoms with E-state index in [9.17, 15) is 4.79 Å². The number of rotatable bonds is 7. The van der Waals surface area contributed by atoms with Crippen LogP contribution < -0.4 is 15.1 Å². The molecule has 2 aromatic rings. The first kappa shape index (κ1) is 17.5. The summed E-state index contributed by atoms with van der Waals surface area (Å²) in [7, 11) is 1.53. The summed E-state index contributed by atoms with van der Waals surface area (Å²) in [6.45, 7) is 6.75. The highest BCUT2D eigenvalue weighted by molar-refractivity contribution is 5.85. The van der Waals surface area contributed by atoms with Gasteiger partial charge >= 0.3 is 5.63 Å². The van der Waals surface area contributed by atoms with Crippen molar-refractivity contribution in [3.05, 3.63) is 46.3 Å². The van der Waals surface area contributed by atoms with Crippen molar-refractivity contribution in [2.24, 2.45) is 0 Å². The Morgan fingerprint density at radius 2 is 2.00 bits per heavy atom. The highest BCUT2D eigenvalue weighted by atomic mass is 16.6. The van der Waals surface area contributed by atoms with E-state index in [1.165, 1.54) is 18.7 Å². The SMILES string of the molecule is COc1c(OC/C=C(\C)CC[C@H]2OC2(C)C)ccc2ccc(=O)oc12. The Kier molecular flexibility index (Phi) is 4.86. The summed E-state index contributed by atoms with van der Waals surface area (Å²) >= 11 is 0. The van der Waals surface area contributed by atoms with Crippen molar-refractivity contribution < 1.29 is 18.6 Å². The number of hydrogen-bond donors (Lipinski definition) is 0. The van der Waals surface area contributed by atoms with E-state index in [1.807, 2.05) is 12.1 Å². The van der Waals surface area contributed by atoms with Crippen LogP contribution in [0.1, 0.15) is 33.6 Å². The maximum absolute atomic E-state index is 11.5. The quantitative estimate of drug-likeness (QED) is 0.430. The van der Waals surface area contributed by atoms with Gasteiger partial charge in [0, 0.05) is 11.5 Å². The number of epoxide rings is 1. The maximum atomic E-state index is 11.5. The molecule has 0 saturated carbocycles. The monoisotopic (exact) mass is 344 g/mol. The highest BCUT2D eigenvalue weighted by Gasteiger charge is 2.46. The molecule has 5 nitrogen and oxygen atoms in total. The second-order valence-corrected chi connectivity index (χ2v) is 6.88. The lowest BCUT2D eigenvalue weighted by atomic mass is 10.0. The molecule has 134 valence electrons. The third-order valence-electron chi connectivity index (χ3n) is 4.55. The molecule has 1 aliphatic rings. The van der Waals surface area contributed by atoms with E-state index in [0.29, 0.717) is 29.8 Å². The summed E-state index contributed by atoms with van der Waals surface area (Å²) in [5.74, 6) is 0.995. The Morgan fingerprint density at radius 3 is 2.68 bits per heavy atom. The lowest BCUT2D eigenvalue weighted by Gasteiger charge is -2.11. The minimum absolute atomic E-state index is 0.0408. The summed E-state index contributed by atoms with van der Waals surface area (Å²) in [4.78, 5) is 11.5. The molecule has 5 heteroatoms. The molecule has 1 aliphatic heterocycles. The standard InChI is InChI=1S/C20H24O5/c1-13(5-9-16-20(2,3)25-16)11-12-23-15-8-6-14-7-10-17(21)24-18(14)19(15)22-4/h6-8,10-11,16H,5,9,12H2,1-4H3/b13-11+/t16-/m1/s1. The van der Waals surface area contributed by atoms with Crippen molar-refractivity contribution >= 4 is 11.0 Å². The zero-order valence-electron chi connectivity index (χ0n) is 15.1. The number of ether oxygens (including phenoxy) is 3. The largest absolute Gasteiger partial charge is 0.490 e. The summed E-state index contributed by atoms with van der Waals surface area (Å²) in [5.41, 5.74) is 1.29. The van der Waals surface area contributed by atoms with Gasteiger partial charge in [0.1, 0.15) is 6.61 Å². The lowest BCUT2D eigenvalue weighted by molar-refractivity contribution is 0.319. The fourth-order valence-electron chi connectivity index (χ4n) is 2.87. The van der Waals surface area contributed by atoms with Crippen LogP contribution in [0.5, 0.6) is 11.5 Å². The predicted molar refractivity (Wildman–Crippen MR) is 96.5 cm³/mol. The fourth-order valence-corrected chi connectivity index (χ4v) is 2.87. The van der Waals surface area contributed by atoms with Gasteiger partial charge in [0.2, 0.25) is 5.75 Å². The minimum Gasteiger partial charge on any atom is -0.490 e. The normalized spacial score (nSPS) is 19.0. The number of hydrogen-bond acceptors (Lipinski definition) is 5. The summed E-state index contributed by atoms with van der Waals surface area (Å²) in [5, 5.41) is 0.794. The molecule has 25 heavy (non-hydrogen) atoms. The molecule has 0 spiro atoms. The van der Waals surface area contributed by atoms with Crippen LogP contribution in [0.4, 0.5) is 0 Å². The first-order valence-corrected chi connectivity index (χ1v) is 8.48. The van der Waals surface area contributed by atoms with Crippen LogP contribution >= 0.6 is 0 Å². The second kappa shape index (κ2) is 6.92. The number of methoxy groups -OCH3 is 1. The first-order valence-electron chi connectivity index (χ1n) is 8.48. The topological polar surface area (TPSA) is 61.2 Å². The molecule has 0 radical (unpaired) electrons. The molecular formula is C20H24O5. The van der Waals surface area contributed by atoms with Crippen molar-refractivity contribution in [2.45, 2.75) is 45.3 Å². The van der Waals surface area contributed by atoms with Crippen LogP contribution in [-0.4, -0.2) is 25.4 Å². The Morgan fingerprint density at radius 1 is 1.28 bits per heavy atom. The van der Waals surface area contributed by atoms with E-state index >= 15 is 0 Å². The van der Waals surface area contributed by atoms with Crippen molar-refractivity contribution in [3.8, 4) is 11.5 Å². The first-order chi connectivity index (χ1) is 11.9. The predicted octanol–water partition coefficient (Wildman–Crippen LogP) is 4.08.